The Labute approximate surface area is 183 Å². The molecule has 12 heteroatoms. The van der Waals surface area contributed by atoms with Gasteiger partial charge in [0.2, 0.25) is 15.9 Å². The quantitative estimate of drug-likeness (QED) is 0.631. The summed E-state index contributed by atoms with van der Waals surface area (Å²) in [4.78, 5) is 16.0. The summed E-state index contributed by atoms with van der Waals surface area (Å²) in [6.45, 7) is 3.25. The first-order valence-electron chi connectivity index (χ1n) is 8.93. The van der Waals surface area contributed by atoms with Gasteiger partial charge in [-0.25, -0.2) is 18.1 Å². The number of nitrogens with one attached hydrogen (secondary N) is 2. The zero-order chi connectivity index (χ0) is 23.4. The van der Waals surface area contributed by atoms with E-state index < -0.39 is 34.3 Å². The van der Waals surface area contributed by atoms with Gasteiger partial charge in [-0.2, -0.15) is 13.2 Å². The number of nitrogens with zero attached hydrogens (tertiary/aromatic N) is 1. The van der Waals surface area contributed by atoms with Crippen molar-refractivity contribution in [2.75, 3.05) is 6.61 Å². The summed E-state index contributed by atoms with van der Waals surface area (Å²) >= 11 is 6.01. The normalized spacial score (nSPS) is 12.5. The SMILES string of the molecule is CC(C)(C)NS(=O)(=O)c1cc(C(=O)NCc2cccnc2OCC(F)(F)F)ccc1Cl. The number of hydrogen-bond acceptors (Lipinski definition) is 5. The molecule has 0 saturated heterocycles. The number of sulfonamides is 1. The van der Waals surface area contributed by atoms with Crippen LogP contribution in [-0.4, -0.2) is 37.6 Å². The summed E-state index contributed by atoms with van der Waals surface area (Å²) in [5.41, 5.74) is -0.551. The number of carbonyl (C=O) groups is 1. The standard InChI is InChI=1S/C19H21ClF3N3O4S/c1-18(2,3)26-31(28,29)15-9-12(6-7-14(15)20)16(27)25-10-13-5-4-8-24-17(13)30-11-19(21,22)23/h4-9,26H,10-11H2,1-3H3,(H,25,27). The van der Waals surface area contributed by atoms with E-state index >= 15 is 0 Å². The van der Waals surface area contributed by atoms with Crippen molar-refractivity contribution >= 4 is 27.5 Å². The Morgan fingerprint density at radius 3 is 2.48 bits per heavy atom. The topological polar surface area (TPSA) is 97.4 Å². The molecule has 0 aliphatic rings. The van der Waals surface area contributed by atoms with Crippen LogP contribution in [0.3, 0.4) is 0 Å². The zero-order valence-electron chi connectivity index (χ0n) is 16.9. The number of aromatic nitrogens is 1. The molecule has 2 rings (SSSR count). The molecule has 2 aromatic rings. The first-order valence-corrected chi connectivity index (χ1v) is 10.8. The van der Waals surface area contributed by atoms with Crippen LogP contribution in [0.5, 0.6) is 5.88 Å². The molecule has 1 aromatic carbocycles. The largest absolute Gasteiger partial charge is 0.468 e. The molecule has 0 unspecified atom stereocenters. The highest BCUT2D eigenvalue weighted by molar-refractivity contribution is 7.89. The summed E-state index contributed by atoms with van der Waals surface area (Å²) < 4.78 is 69.4. The Balaban J connectivity index is 2.18. The highest BCUT2D eigenvalue weighted by Crippen LogP contribution is 2.24. The minimum Gasteiger partial charge on any atom is -0.468 e. The second kappa shape index (κ2) is 9.41. The maximum atomic E-state index is 12.6. The van der Waals surface area contributed by atoms with Gasteiger partial charge in [0.15, 0.2) is 6.61 Å². The van der Waals surface area contributed by atoms with Gasteiger partial charge in [0.05, 0.1) is 5.02 Å². The van der Waals surface area contributed by atoms with Crippen LogP contribution >= 0.6 is 11.6 Å². The first kappa shape index (κ1) is 24.9. The van der Waals surface area contributed by atoms with Crippen molar-refractivity contribution < 1.29 is 31.1 Å². The number of rotatable bonds is 7. The lowest BCUT2D eigenvalue weighted by molar-refractivity contribution is -0.154. The predicted octanol–water partition coefficient (Wildman–Crippen LogP) is 3.68. The van der Waals surface area contributed by atoms with Crippen LogP contribution in [-0.2, 0) is 16.6 Å². The molecule has 1 heterocycles. The van der Waals surface area contributed by atoms with Gasteiger partial charge in [-0.05, 0) is 45.0 Å². The van der Waals surface area contributed by atoms with Crippen molar-refractivity contribution in [3.8, 4) is 5.88 Å². The highest BCUT2D eigenvalue weighted by Gasteiger charge is 2.29. The fraction of sp³-hybridized carbons (Fsp3) is 0.368. The number of pyridine rings is 1. The Kier molecular flexibility index (Phi) is 7.56. The van der Waals surface area contributed by atoms with Gasteiger partial charge in [-0.1, -0.05) is 17.7 Å². The van der Waals surface area contributed by atoms with E-state index in [1.54, 1.807) is 20.8 Å². The molecule has 0 aliphatic carbocycles. The Hall–Kier alpha value is -2.37. The van der Waals surface area contributed by atoms with Gasteiger partial charge in [-0.15, -0.1) is 0 Å². The van der Waals surface area contributed by atoms with Crippen LogP contribution < -0.4 is 14.8 Å². The van der Waals surface area contributed by atoms with Crippen LogP contribution in [0.4, 0.5) is 13.2 Å². The van der Waals surface area contributed by atoms with Gasteiger partial charge in [-0.3, -0.25) is 4.79 Å². The van der Waals surface area contributed by atoms with Gasteiger partial charge < -0.3 is 10.1 Å². The van der Waals surface area contributed by atoms with Crippen LogP contribution in [0.2, 0.25) is 5.02 Å². The van der Waals surface area contributed by atoms with Gasteiger partial charge in [0.25, 0.3) is 5.91 Å². The molecule has 2 N–H and O–H groups in total. The number of amides is 1. The molecule has 7 nitrogen and oxygen atoms in total. The monoisotopic (exact) mass is 479 g/mol. The summed E-state index contributed by atoms with van der Waals surface area (Å²) in [5.74, 6) is -0.927. The van der Waals surface area contributed by atoms with Crippen molar-refractivity contribution in [3.05, 3.63) is 52.7 Å². The van der Waals surface area contributed by atoms with Crippen LogP contribution in [0.25, 0.3) is 0 Å². The first-order chi connectivity index (χ1) is 14.2. The lowest BCUT2D eigenvalue weighted by Gasteiger charge is -2.21. The van der Waals surface area contributed by atoms with Crippen molar-refractivity contribution in [2.24, 2.45) is 0 Å². The third-order valence-corrected chi connectivity index (χ3v) is 5.82. The van der Waals surface area contributed by atoms with Crippen molar-refractivity contribution in [1.29, 1.82) is 0 Å². The summed E-state index contributed by atoms with van der Waals surface area (Å²) in [6, 6.07) is 6.65. The molecule has 1 aromatic heterocycles. The van der Waals surface area contributed by atoms with Gasteiger partial charge in [0.1, 0.15) is 4.90 Å². The number of ether oxygens (including phenoxy) is 1. The van der Waals surface area contributed by atoms with E-state index in [1.165, 1.54) is 30.5 Å². The summed E-state index contributed by atoms with van der Waals surface area (Å²) in [7, 11) is -4.00. The smallest absolute Gasteiger partial charge is 0.422 e. The molecular weight excluding hydrogens is 459 g/mol. The third-order valence-electron chi connectivity index (χ3n) is 3.59. The molecule has 31 heavy (non-hydrogen) atoms. The number of alkyl halides is 3. The van der Waals surface area contributed by atoms with Gasteiger partial charge >= 0.3 is 6.18 Å². The van der Waals surface area contributed by atoms with E-state index in [4.69, 9.17) is 11.6 Å². The van der Waals surface area contributed by atoms with E-state index in [0.29, 0.717) is 0 Å². The Morgan fingerprint density at radius 2 is 1.87 bits per heavy atom. The van der Waals surface area contributed by atoms with Crippen molar-refractivity contribution in [1.82, 2.24) is 15.0 Å². The third kappa shape index (κ3) is 7.67. The van der Waals surface area contributed by atoms with Gasteiger partial charge in [0, 0.05) is 29.4 Å². The molecule has 0 spiro atoms. The van der Waals surface area contributed by atoms with E-state index in [0.717, 1.165) is 6.07 Å². The number of benzene rings is 1. The molecule has 0 atom stereocenters. The zero-order valence-corrected chi connectivity index (χ0v) is 18.5. The Bertz CT molecular complexity index is 1050. The van der Waals surface area contributed by atoms with E-state index in [-0.39, 0.29) is 33.5 Å². The van der Waals surface area contributed by atoms with Crippen LogP contribution in [0, 0.1) is 0 Å². The van der Waals surface area contributed by atoms with E-state index in [1.807, 2.05) is 0 Å². The fourth-order valence-corrected chi connectivity index (χ4v) is 4.37. The van der Waals surface area contributed by atoms with Crippen molar-refractivity contribution in [3.63, 3.8) is 0 Å². The second-order valence-electron chi connectivity index (χ2n) is 7.55. The minimum atomic E-state index is -4.54. The molecular formula is C19H21ClF3N3O4S. The molecule has 1 amide bonds. The fourth-order valence-electron chi connectivity index (χ4n) is 2.42. The molecule has 0 radical (unpaired) electrons. The highest BCUT2D eigenvalue weighted by atomic mass is 35.5. The second-order valence-corrected chi connectivity index (χ2v) is 9.61. The molecule has 0 aliphatic heterocycles. The molecule has 0 fully saturated rings. The summed E-state index contributed by atoms with van der Waals surface area (Å²) in [6.07, 6.45) is -3.28. The molecule has 0 saturated carbocycles. The lowest BCUT2D eigenvalue weighted by atomic mass is 10.1. The maximum absolute atomic E-state index is 12.6. The van der Waals surface area contributed by atoms with Crippen LogP contribution in [0.1, 0.15) is 36.7 Å². The summed E-state index contributed by atoms with van der Waals surface area (Å²) in [5, 5.41) is 2.43. The Morgan fingerprint density at radius 1 is 1.19 bits per heavy atom. The number of hydrogen-bond donors (Lipinski definition) is 2. The van der Waals surface area contributed by atoms with E-state index in [2.05, 4.69) is 19.8 Å². The number of halogens is 4. The van der Waals surface area contributed by atoms with Crippen molar-refractivity contribution in [2.45, 2.75) is 43.9 Å². The number of carbonyl (C=O) groups excluding carboxylic acids is 1. The predicted molar refractivity (Wildman–Crippen MR) is 108 cm³/mol. The minimum absolute atomic E-state index is 0.000310. The molecule has 0 bridgehead atoms. The lowest BCUT2D eigenvalue weighted by Crippen LogP contribution is -2.40. The average molecular weight is 480 g/mol. The average Bonchev–Trinajstić information content (AvgIpc) is 2.62. The maximum Gasteiger partial charge on any atom is 0.422 e. The molecule has 170 valence electrons. The van der Waals surface area contributed by atoms with E-state index in [9.17, 15) is 26.4 Å². The van der Waals surface area contributed by atoms with Crippen LogP contribution in [0.15, 0.2) is 41.4 Å².